The van der Waals surface area contributed by atoms with E-state index in [-0.39, 0.29) is 18.3 Å². The van der Waals surface area contributed by atoms with Crippen LogP contribution in [0, 0.1) is 12.3 Å². The largest absolute Gasteiger partial charge is 0.497 e. The van der Waals surface area contributed by atoms with Crippen LogP contribution in [-0.2, 0) is 16.1 Å². The third-order valence-corrected chi connectivity index (χ3v) is 7.23. The summed E-state index contributed by atoms with van der Waals surface area (Å²) in [7, 11) is 3.78. The predicted molar refractivity (Wildman–Crippen MR) is 160 cm³/mol. The van der Waals surface area contributed by atoms with Gasteiger partial charge >= 0.3 is 0 Å². The maximum atomic E-state index is 13.3. The minimum absolute atomic E-state index is 0.136. The molecule has 0 aliphatic carbocycles. The SMILES string of the molecule is C#CC1/C=C\C=C/CN=C(C(=O)NCC(=O)NCCN(CCC)C2CCN(C)CC2)N1Cc1ccc(OC)cc1. The van der Waals surface area contributed by atoms with Gasteiger partial charge in [-0.05, 0) is 69.7 Å². The third kappa shape index (κ3) is 9.54. The average Bonchev–Trinajstić information content (AvgIpc) is 3.06. The maximum absolute atomic E-state index is 13.3. The summed E-state index contributed by atoms with van der Waals surface area (Å²) >= 11 is 0. The fraction of sp³-hybridized carbons (Fsp3) is 0.516. The molecule has 0 aromatic heterocycles. The molecule has 2 N–H and O–H groups in total. The van der Waals surface area contributed by atoms with Crippen molar-refractivity contribution in [3.8, 4) is 18.1 Å². The first-order valence-corrected chi connectivity index (χ1v) is 14.2. The molecule has 1 aromatic carbocycles. The minimum atomic E-state index is -0.493. The first-order valence-electron chi connectivity index (χ1n) is 14.2. The molecule has 2 aliphatic rings. The molecule has 1 aromatic rings. The molecular formula is C31H44N6O3. The second-order valence-electron chi connectivity index (χ2n) is 10.2. The lowest BCUT2D eigenvalue weighted by Crippen LogP contribution is -2.50. The van der Waals surface area contributed by atoms with Crippen LogP contribution in [0.5, 0.6) is 5.75 Å². The number of likely N-dealkylation sites (tertiary alicyclic amines) is 1. The Hall–Kier alpha value is -3.61. The Morgan fingerprint density at radius 3 is 2.58 bits per heavy atom. The number of ether oxygens (including phenoxy) is 1. The molecule has 216 valence electrons. The Balaban J connectivity index is 1.59. The van der Waals surface area contributed by atoms with Crippen molar-refractivity contribution in [2.24, 2.45) is 4.99 Å². The van der Waals surface area contributed by atoms with E-state index in [0.29, 0.717) is 25.7 Å². The second-order valence-corrected chi connectivity index (χ2v) is 10.2. The molecule has 0 spiro atoms. The first-order chi connectivity index (χ1) is 19.4. The molecule has 0 bridgehead atoms. The Morgan fingerprint density at radius 2 is 1.90 bits per heavy atom. The van der Waals surface area contributed by atoms with E-state index in [9.17, 15) is 9.59 Å². The van der Waals surface area contributed by atoms with E-state index in [1.54, 1.807) is 12.0 Å². The highest BCUT2D eigenvalue weighted by atomic mass is 16.5. The lowest BCUT2D eigenvalue weighted by atomic mass is 10.0. The van der Waals surface area contributed by atoms with Crippen LogP contribution in [0.3, 0.4) is 0 Å². The number of aliphatic imine (C=N–C) groups is 1. The Morgan fingerprint density at radius 1 is 1.15 bits per heavy atom. The summed E-state index contributed by atoms with van der Waals surface area (Å²) in [6.45, 7) is 7.31. The zero-order valence-electron chi connectivity index (χ0n) is 24.1. The number of hydrogen-bond acceptors (Lipinski definition) is 7. The van der Waals surface area contributed by atoms with Gasteiger partial charge in [0.1, 0.15) is 11.8 Å². The summed E-state index contributed by atoms with van der Waals surface area (Å²) in [6.07, 6.45) is 16.7. The normalized spacial score (nSPS) is 19.9. The monoisotopic (exact) mass is 548 g/mol. The molecule has 1 saturated heterocycles. The number of terminal acetylenes is 1. The van der Waals surface area contributed by atoms with Crippen molar-refractivity contribution in [2.45, 2.75) is 44.8 Å². The molecule has 9 heteroatoms. The average molecular weight is 549 g/mol. The summed E-state index contributed by atoms with van der Waals surface area (Å²) < 4.78 is 5.26. The molecule has 40 heavy (non-hydrogen) atoms. The molecule has 2 amide bonds. The number of benzene rings is 1. The highest BCUT2D eigenvalue weighted by Gasteiger charge is 2.26. The van der Waals surface area contributed by atoms with Gasteiger partial charge in [-0.1, -0.05) is 43.2 Å². The number of nitrogens with one attached hydrogen (secondary N) is 2. The molecule has 0 radical (unpaired) electrons. The van der Waals surface area contributed by atoms with Crippen LogP contribution in [0.2, 0.25) is 0 Å². The third-order valence-electron chi connectivity index (χ3n) is 7.23. The number of allylic oxidation sites excluding steroid dienone is 2. The summed E-state index contributed by atoms with van der Waals surface area (Å²) in [5, 5.41) is 5.72. The lowest BCUT2D eigenvalue weighted by Gasteiger charge is -2.37. The molecule has 2 aliphatic heterocycles. The van der Waals surface area contributed by atoms with Gasteiger partial charge in [0.25, 0.3) is 5.91 Å². The van der Waals surface area contributed by atoms with E-state index in [0.717, 1.165) is 56.8 Å². The number of piperidine rings is 1. The Bertz CT molecular complexity index is 1080. The fourth-order valence-corrected chi connectivity index (χ4v) is 4.99. The number of methoxy groups -OCH3 is 1. The first kappa shape index (κ1) is 30.9. The zero-order valence-corrected chi connectivity index (χ0v) is 24.1. The van der Waals surface area contributed by atoms with E-state index in [4.69, 9.17) is 11.2 Å². The minimum Gasteiger partial charge on any atom is -0.497 e. The van der Waals surface area contributed by atoms with Crippen molar-refractivity contribution < 1.29 is 14.3 Å². The smallest absolute Gasteiger partial charge is 0.287 e. The highest BCUT2D eigenvalue weighted by Crippen LogP contribution is 2.17. The molecule has 9 nitrogen and oxygen atoms in total. The van der Waals surface area contributed by atoms with Crippen molar-refractivity contribution in [1.29, 1.82) is 0 Å². The molecule has 1 atom stereocenters. The van der Waals surface area contributed by atoms with Crippen molar-refractivity contribution in [3.63, 3.8) is 0 Å². The number of amidine groups is 1. The Kier molecular flexibility index (Phi) is 12.7. The van der Waals surface area contributed by atoms with Gasteiger partial charge in [-0.2, -0.15) is 0 Å². The van der Waals surface area contributed by atoms with E-state index in [1.807, 2.05) is 48.6 Å². The van der Waals surface area contributed by atoms with Gasteiger partial charge in [-0.25, -0.2) is 0 Å². The van der Waals surface area contributed by atoms with Gasteiger partial charge in [0.15, 0.2) is 5.84 Å². The molecule has 0 saturated carbocycles. The zero-order chi connectivity index (χ0) is 28.7. The number of rotatable bonds is 12. The van der Waals surface area contributed by atoms with Gasteiger partial charge in [0.2, 0.25) is 5.91 Å². The second kappa shape index (κ2) is 16.5. The van der Waals surface area contributed by atoms with Crippen LogP contribution in [0.4, 0.5) is 0 Å². The van der Waals surface area contributed by atoms with Crippen LogP contribution in [-0.4, -0.2) is 104 Å². The number of hydrogen-bond donors (Lipinski definition) is 2. The van der Waals surface area contributed by atoms with Crippen LogP contribution in [0.1, 0.15) is 31.7 Å². The fourth-order valence-electron chi connectivity index (χ4n) is 4.99. The quantitative estimate of drug-likeness (QED) is 0.389. The standard InChI is InChI=1S/C31H44N6O3/c1-5-19-36(27-15-20-35(3)21-16-27)22-18-32-29(38)23-34-31(39)30-33-17-9-7-8-10-26(6-2)37(30)24-25-11-13-28(40-4)14-12-25/h2,7-14,26-27H,5,15-24H2,1,3-4H3,(H,32,38)(H,34,39)/b9-7-,10-8-,33-30?. The van der Waals surface area contributed by atoms with Crippen molar-refractivity contribution in [3.05, 3.63) is 54.1 Å². The van der Waals surface area contributed by atoms with E-state index >= 15 is 0 Å². The summed E-state index contributed by atoms with van der Waals surface area (Å²) in [5.41, 5.74) is 0.946. The van der Waals surface area contributed by atoms with Crippen LogP contribution in [0.15, 0.2) is 53.6 Å². The molecular weight excluding hydrogens is 504 g/mol. The number of amides is 2. The van der Waals surface area contributed by atoms with Crippen molar-refractivity contribution >= 4 is 17.6 Å². The number of carbonyl (C=O) groups is 2. The maximum Gasteiger partial charge on any atom is 0.287 e. The van der Waals surface area contributed by atoms with Gasteiger partial charge in [-0.3, -0.25) is 19.5 Å². The summed E-state index contributed by atoms with van der Waals surface area (Å²) in [5.74, 6) is 3.02. The Labute approximate surface area is 239 Å². The van der Waals surface area contributed by atoms with Crippen LogP contribution in [0.25, 0.3) is 0 Å². The van der Waals surface area contributed by atoms with E-state index < -0.39 is 11.9 Å². The van der Waals surface area contributed by atoms with Gasteiger partial charge in [0, 0.05) is 25.7 Å². The van der Waals surface area contributed by atoms with E-state index in [1.165, 1.54) is 0 Å². The highest BCUT2D eigenvalue weighted by molar-refractivity contribution is 6.38. The molecule has 1 fully saturated rings. The number of carbonyl (C=O) groups excluding carboxylic acids is 2. The predicted octanol–water partition coefficient (Wildman–Crippen LogP) is 2.06. The molecule has 2 heterocycles. The summed E-state index contributed by atoms with van der Waals surface area (Å²) in [4.78, 5) is 37.1. The van der Waals surface area contributed by atoms with E-state index in [2.05, 4.69) is 45.3 Å². The topological polar surface area (TPSA) is 89.5 Å². The lowest BCUT2D eigenvalue weighted by molar-refractivity contribution is -0.123. The van der Waals surface area contributed by atoms with Gasteiger partial charge in [-0.15, -0.1) is 6.42 Å². The number of nitrogens with zero attached hydrogens (tertiary/aromatic N) is 4. The summed E-state index contributed by atoms with van der Waals surface area (Å²) in [6, 6.07) is 7.65. The van der Waals surface area contributed by atoms with Crippen molar-refractivity contribution in [2.75, 3.05) is 60.0 Å². The molecule has 3 rings (SSSR count). The van der Waals surface area contributed by atoms with Crippen LogP contribution >= 0.6 is 0 Å². The van der Waals surface area contributed by atoms with Gasteiger partial charge < -0.3 is 25.2 Å². The van der Waals surface area contributed by atoms with Gasteiger partial charge in [0.05, 0.1) is 20.2 Å². The molecule has 1 unspecified atom stereocenters. The van der Waals surface area contributed by atoms with Crippen LogP contribution < -0.4 is 15.4 Å². The van der Waals surface area contributed by atoms with Crippen molar-refractivity contribution in [1.82, 2.24) is 25.3 Å².